The van der Waals surface area contributed by atoms with Gasteiger partial charge in [0.05, 0.1) is 6.10 Å². The summed E-state index contributed by atoms with van der Waals surface area (Å²) < 4.78 is 5.67. The van der Waals surface area contributed by atoms with Crippen molar-refractivity contribution >= 4 is 0 Å². The summed E-state index contributed by atoms with van der Waals surface area (Å²) >= 11 is 0. The first kappa shape index (κ1) is 16.3. The zero-order chi connectivity index (χ0) is 15.5. The van der Waals surface area contributed by atoms with E-state index in [0.29, 0.717) is 5.41 Å². The number of nitrogens with zero attached hydrogens (tertiary/aromatic N) is 1. The molecular formula is C18H30N2O. The molecule has 1 fully saturated rings. The fraction of sp³-hybridized carbons (Fsp3) is 0.667. The van der Waals surface area contributed by atoms with Crippen molar-refractivity contribution in [1.82, 2.24) is 4.90 Å². The van der Waals surface area contributed by atoms with Crippen molar-refractivity contribution in [3.8, 4) is 5.75 Å². The topological polar surface area (TPSA) is 38.5 Å². The molecule has 1 unspecified atom stereocenters. The Kier molecular flexibility index (Phi) is 5.28. The third-order valence-corrected chi connectivity index (χ3v) is 4.11. The molecule has 0 amide bonds. The van der Waals surface area contributed by atoms with Gasteiger partial charge in [-0.05, 0) is 56.3 Å². The van der Waals surface area contributed by atoms with E-state index in [4.69, 9.17) is 10.5 Å². The second-order valence-electron chi connectivity index (χ2n) is 7.35. The van der Waals surface area contributed by atoms with Crippen LogP contribution in [-0.4, -0.2) is 30.6 Å². The molecule has 0 aliphatic carbocycles. The molecule has 1 aliphatic rings. The third kappa shape index (κ3) is 5.01. The molecular weight excluding hydrogens is 260 g/mol. The van der Waals surface area contributed by atoms with E-state index < -0.39 is 0 Å². The van der Waals surface area contributed by atoms with Crippen LogP contribution in [0.1, 0.15) is 52.1 Å². The standard InChI is InChI=1S/C18H30N2O/c1-14(2)21-16-8-6-15(7-9-16)17(19)12-20-11-5-10-18(3,4)13-20/h6-9,14,17H,5,10-13,19H2,1-4H3. The van der Waals surface area contributed by atoms with Gasteiger partial charge in [0.1, 0.15) is 5.75 Å². The zero-order valence-electron chi connectivity index (χ0n) is 13.9. The third-order valence-electron chi connectivity index (χ3n) is 4.11. The van der Waals surface area contributed by atoms with Crippen LogP contribution in [0.4, 0.5) is 0 Å². The molecule has 0 spiro atoms. The number of rotatable bonds is 5. The van der Waals surface area contributed by atoms with Gasteiger partial charge in [-0.25, -0.2) is 0 Å². The van der Waals surface area contributed by atoms with Crippen molar-refractivity contribution < 1.29 is 4.74 Å². The first-order valence-corrected chi connectivity index (χ1v) is 8.10. The zero-order valence-corrected chi connectivity index (χ0v) is 13.9. The Balaban J connectivity index is 1.92. The molecule has 1 saturated heterocycles. The predicted octanol–water partition coefficient (Wildman–Crippen LogP) is 3.60. The molecule has 118 valence electrons. The van der Waals surface area contributed by atoms with Crippen LogP contribution in [-0.2, 0) is 0 Å². The molecule has 0 radical (unpaired) electrons. The summed E-state index contributed by atoms with van der Waals surface area (Å²) in [6.07, 6.45) is 2.81. The highest BCUT2D eigenvalue weighted by atomic mass is 16.5. The fourth-order valence-corrected chi connectivity index (χ4v) is 3.15. The van der Waals surface area contributed by atoms with Crippen molar-refractivity contribution in [2.45, 2.75) is 52.7 Å². The van der Waals surface area contributed by atoms with Gasteiger partial charge in [0.15, 0.2) is 0 Å². The van der Waals surface area contributed by atoms with Crippen LogP contribution >= 0.6 is 0 Å². The fourth-order valence-electron chi connectivity index (χ4n) is 3.15. The van der Waals surface area contributed by atoms with Crippen molar-refractivity contribution in [1.29, 1.82) is 0 Å². The van der Waals surface area contributed by atoms with E-state index in [-0.39, 0.29) is 12.1 Å². The Hall–Kier alpha value is -1.06. The van der Waals surface area contributed by atoms with Gasteiger partial charge in [-0.3, -0.25) is 0 Å². The summed E-state index contributed by atoms with van der Waals surface area (Å²) in [6.45, 7) is 12.0. The monoisotopic (exact) mass is 290 g/mol. The Morgan fingerprint density at radius 1 is 1.24 bits per heavy atom. The van der Waals surface area contributed by atoms with Crippen LogP contribution in [0.25, 0.3) is 0 Å². The number of hydrogen-bond acceptors (Lipinski definition) is 3. The lowest BCUT2D eigenvalue weighted by Crippen LogP contribution is -2.43. The van der Waals surface area contributed by atoms with Crippen LogP contribution in [0.3, 0.4) is 0 Å². The minimum absolute atomic E-state index is 0.0759. The predicted molar refractivity (Wildman–Crippen MR) is 88.6 cm³/mol. The second-order valence-corrected chi connectivity index (χ2v) is 7.35. The van der Waals surface area contributed by atoms with Gasteiger partial charge in [-0.2, -0.15) is 0 Å². The summed E-state index contributed by atoms with van der Waals surface area (Å²) in [5, 5.41) is 0. The van der Waals surface area contributed by atoms with Crippen LogP contribution in [0, 0.1) is 5.41 Å². The van der Waals surface area contributed by atoms with E-state index in [1.807, 2.05) is 26.0 Å². The Morgan fingerprint density at radius 3 is 2.48 bits per heavy atom. The number of likely N-dealkylation sites (tertiary alicyclic amines) is 1. The van der Waals surface area contributed by atoms with Crippen LogP contribution in [0.5, 0.6) is 5.75 Å². The molecule has 1 heterocycles. The number of hydrogen-bond donors (Lipinski definition) is 1. The number of nitrogens with two attached hydrogens (primary N) is 1. The normalized spacial score (nSPS) is 20.5. The van der Waals surface area contributed by atoms with Gasteiger partial charge in [0, 0.05) is 19.1 Å². The van der Waals surface area contributed by atoms with Gasteiger partial charge in [0.2, 0.25) is 0 Å². The van der Waals surface area contributed by atoms with Gasteiger partial charge in [-0.1, -0.05) is 26.0 Å². The molecule has 0 saturated carbocycles. The van der Waals surface area contributed by atoms with E-state index in [2.05, 4.69) is 30.9 Å². The van der Waals surface area contributed by atoms with Crippen LogP contribution < -0.4 is 10.5 Å². The van der Waals surface area contributed by atoms with Gasteiger partial charge in [0.25, 0.3) is 0 Å². The minimum atomic E-state index is 0.0759. The Labute approximate surface area is 129 Å². The van der Waals surface area contributed by atoms with E-state index >= 15 is 0 Å². The molecule has 21 heavy (non-hydrogen) atoms. The molecule has 2 N–H and O–H groups in total. The molecule has 0 bridgehead atoms. The van der Waals surface area contributed by atoms with Crippen molar-refractivity contribution in [3.05, 3.63) is 29.8 Å². The van der Waals surface area contributed by atoms with Crippen molar-refractivity contribution in [2.24, 2.45) is 11.1 Å². The lowest BCUT2D eigenvalue weighted by Gasteiger charge is -2.39. The summed E-state index contributed by atoms with van der Waals surface area (Å²) in [5.41, 5.74) is 8.00. The molecule has 1 aromatic rings. The maximum absolute atomic E-state index is 6.38. The second kappa shape index (κ2) is 6.80. The van der Waals surface area contributed by atoms with Crippen LogP contribution in [0.2, 0.25) is 0 Å². The average Bonchev–Trinajstić information content (AvgIpc) is 2.37. The summed E-state index contributed by atoms with van der Waals surface area (Å²) in [6, 6.07) is 8.31. The number of piperidine rings is 1. The average molecular weight is 290 g/mol. The van der Waals surface area contributed by atoms with E-state index in [0.717, 1.165) is 18.8 Å². The van der Waals surface area contributed by atoms with Crippen LogP contribution in [0.15, 0.2) is 24.3 Å². The first-order chi connectivity index (χ1) is 9.85. The molecule has 2 rings (SSSR count). The van der Waals surface area contributed by atoms with E-state index in [9.17, 15) is 0 Å². The molecule has 1 aromatic carbocycles. The summed E-state index contributed by atoms with van der Waals surface area (Å²) in [5.74, 6) is 0.917. The molecule has 3 heteroatoms. The minimum Gasteiger partial charge on any atom is -0.491 e. The maximum atomic E-state index is 6.38. The van der Waals surface area contributed by atoms with Crippen molar-refractivity contribution in [3.63, 3.8) is 0 Å². The maximum Gasteiger partial charge on any atom is 0.119 e. The lowest BCUT2D eigenvalue weighted by molar-refractivity contribution is 0.112. The number of ether oxygens (including phenoxy) is 1. The number of benzene rings is 1. The van der Waals surface area contributed by atoms with E-state index in [1.54, 1.807) is 0 Å². The Morgan fingerprint density at radius 2 is 1.90 bits per heavy atom. The molecule has 1 aliphatic heterocycles. The molecule has 3 nitrogen and oxygen atoms in total. The summed E-state index contributed by atoms with van der Waals surface area (Å²) in [7, 11) is 0. The SMILES string of the molecule is CC(C)Oc1ccc(C(N)CN2CCCC(C)(C)C2)cc1. The highest BCUT2D eigenvalue weighted by Crippen LogP contribution is 2.29. The van der Waals surface area contributed by atoms with Crippen molar-refractivity contribution in [2.75, 3.05) is 19.6 Å². The Bertz CT molecular complexity index is 439. The smallest absolute Gasteiger partial charge is 0.119 e. The quantitative estimate of drug-likeness (QED) is 0.900. The largest absolute Gasteiger partial charge is 0.491 e. The highest BCUT2D eigenvalue weighted by molar-refractivity contribution is 5.29. The van der Waals surface area contributed by atoms with Gasteiger partial charge < -0.3 is 15.4 Å². The first-order valence-electron chi connectivity index (χ1n) is 8.10. The molecule has 1 atom stereocenters. The highest BCUT2D eigenvalue weighted by Gasteiger charge is 2.27. The van der Waals surface area contributed by atoms with E-state index in [1.165, 1.54) is 24.9 Å². The van der Waals surface area contributed by atoms with Gasteiger partial charge in [-0.15, -0.1) is 0 Å². The summed E-state index contributed by atoms with van der Waals surface area (Å²) in [4.78, 5) is 2.51. The lowest BCUT2D eigenvalue weighted by atomic mass is 9.84. The molecule has 0 aromatic heterocycles. The van der Waals surface area contributed by atoms with Gasteiger partial charge >= 0.3 is 0 Å².